The molecule has 0 saturated heterocycles. The highest BCUT2D eigenvalue weighted by atomic mass is 32.2. The lowest BCUT2D eigenvalue weighted by atomic mass is 10.2. The molecule has 0 spiro atoms. The molecule has 21 heavy (non-hydrogen) atoms. The number of hydrogen-bond acceptors (Lipinski definition) is 1. The fourth-order valence-corrected chi connectivity index (χ4v) is 5.98. The Morgan fingerprint density at radius 1 is 0.905 bits per heavy atom. The van der Waals surface area contributed by atoms with E-state index in [2.05, 4.69) is 91.3 Å². The molecule has 3 rings (SSSR count). The van der Waals surface area contributed by atoms with E-state index in [9.17, 15) is 0 Å². The maximum Gasteiger partial charge on any atom is 0.162 e. The van der Waals surface area contributed by atoms with Gasteiger partial charge in [-0.15, -0.1) is 11.8 Å². The first-order chi connectivity index (χ1) is 10.3. The van der Waals surface area contributed by atoms with Gasteiger partial charge in [-0.2, -0.15) is 0 Å². The highest BCUT2D eigenvalue weighted by molar-refractivity contribution is 8.06. The average molecular weight is 311 g/mol. The van der Waals surface area contributed by atoms with Crippen LogP contribution in [0.15, 0.2) is 94.1 Å². The van der Waals surface area contributed by atoms with E-state index in [4.69, 9.17) is 0 Å². The summed E-state index contributed by atoms with van der Waals surface area (Å²) in [5, 5.41) is 3.39. The molecule has 2 heteroatoms. The third-order valence-electron chi connectivity index (χ3n) is 3.45. The molecule has 0 aromatic heterocycles. The van der Waals surface area contributed by atoms with E-state index >= 15 is 0 Å². The van der Waals surface area contributed by atoms with E-state index in [-0.39, 0.29) is 10.9 Å². The Hall–Kier alpha value is -1.38. The number of allylic oxidation sites excluding steroid dienone is 7. The van der Waals surface area contributed by atoms with Crippen LogP contribution in [0.25, 0.3) is 0 Å². The Morgan fingerprint density at radius 3 is 2.57 bits per heavy atom. The first-order valence-corrected chi connectivity index (χ1v) is 9.38. The van der Waals surface area contributed by atoms with Crippen LogP contribution in [-0.4, -0.2) is 10.5 Å². The van der Waals surface area contributed by atoms with Crippen LogP contribution in [0.5, 0.6) is 0 Å². The molecule has 0 nitrogen and oxygen atoms in total. The SMILES string of the molecule is C\C1=C/C=C\C=C\[S+](c2ccccc2)C2C=CC=CC2S1. The van der Waals surface area contributed by atoms with Crippen molar-refractivity contribution in [2.24, 2.45) is 0 Å². The Morgan fingerprint density at radius 2 is 1.71 bits per heavy atom. The minimum atomic E-state index is 0.0953. The van der Waals surface area contributed by atoms with Gasteiger partial charge in [-0.25, -0.2) is 0 Å². The van der Waals surface area contributed by atoms with Crippen LogP contribution in [0.3, 0.4) is 0 Å². The van der Waals surface area contributed by atoms with Crippen LogP contribution < -0.4 is 0 Å². The molecule has 2 aliphatic rings. The molecule has 0 bridgehead atoms. The van der Waals surface area contributed by atoms with E-state index in [1.165, 1.54) is 9.80 Å². The fourth-order valence-electron chi connectivity index (χ4n) is 2.45. The molecule has 0 fully saturated rings. The maximum absolute atomic E-state index is 2.37. The molecule has 0 N–H and O–H groups in total. The Balaban J connectivity index is 2.00. The summed E-state index contributed by atoms with van der Waals surface area (Å²) in [7, 11) is 0.0953. The fraction of sp³-hybridized carbons (Fsp3) is 0.158. The molecule has 1 aliphatic carbocycles. The molecule has 1 aromatic rings. The zero-order chi connectivity index (χ0) is 14.5. The predicted octanol–water partition coefficient (Wildman–Crippen LogP) is 5.25. The van der Waals surface area contributed by atoms with E-state index in [1.807, 2.05) is 11.8 Å². The highest BCUT2D eigenvalue weighted by Crippen LogP contribution is 2.35. The van der Waals surface area contributed by atoms with Crippen molar-refractivity contribution < 1.29 is 0 Å². The third kappa shape index (κ3) is 3.63. The van der Waals surface area contributed by atoms with E-state index in [0.717, 1.165) is 0 Å². The van der Waals surface area contributed by atoms with Gasteiger partial charge in [0.25, 0.3) is 0 Å². The van der Waals surface area contributed by atoms with E-state index in [1.54, 1.807) is 0 Å². The summed E-state index contributed by atoms with van der Waals surface area (Å²) in [6.07, 6.45) is 17.7. The quantitative estimate of drug-likeness (QED) is 0.639. The van der Waals surface area contributed by atoms with Crippen molar-refractivity contribution in [3.63, 3.8) is 0 Å². The van der Waals surface area contributed by atoms with Crippen molar-refractivity contribution >= 4 is 22.7 Å². The summed E-state index contributed by atoms with van der Waals surface area (Å²) < 4.78 is 0. The molecule has 1 aliphatic heterocycles. The average Bonchev–Trinajstić information content (AvgIpc) is 2.53. The van der Waals surface area contributed by atoms with Crippen molar-refractivity contribution in [1.29, 1.82) is 0 Å². The van der Waals surface area contributed by atoms with Crippen LogP contribution in [-0.2, 0) is 10.9 Å². The van der Waals surface area contributed by atoms with Crippen molar-refractivity contribution in [3.8, 4) is 0 Å². The first kappa shape index (κ1) is 14.6. The molecule has 0 amide bonds. The van der Waals surface area contributed by atoms with Crippen LogP contribution in [0.1, 0.15) is 6.92 Å². The zero-order valence-corrected chi connectivity index (χ0v) is 13.7. The summed E-state index contributed by atoms with van der Waals surface area (Å²) in [6.45, 7) is 2.20. The summed E-state index contributed by atoms with van der Waals surface area (Å²) in [4.78, 5) is 2.79. The van der Waals surface area contributed by atoms with Gasteiger partial charge in [-0.1, -0.05) is 54.7 Å². The summed E-state index contributed by atoms with van der Waals surface area (Å²) >= 11 is 1.97. The van der Waals surface area contributed by atoms with Gasteiger partial charge in [-0.3, -0.25) is 0 Å². The zero-order valence-electron chi connectivity index (χ0n) is 12.1. The number of rotatable bonds is 1. The monoisotopic (exact) mass is 311 g/mol. The molecule has 0 radical (unpaired) electrons. The van der Waals surface area contributed by atoms with Gasteiger partial charge in [0.15, 0.2) is 10.1 Å². The van der Waals surface area contributed by atoms with Crippen molar-refractivity contribution in [3.05, 3.63) is 89.3 Å². The van der Waals surface area contributed by atoms with Crippen molar-refractivity contribution in [2.75, 3.05) is 0 Å². The van der Waals surface area contributed by atoms with Gasteiger partial charge in [0.05, 0.1) is 16.1 Å². The standard InChI is InChI=1S/C19H19S2/c1-16-10-4-3-9-15-21(17-11-5-2-6-12-17)19-14-8-7-13-18(19)20-16/h2-15,18-19H,1H3/q+1/b4-3-,15-9+,16-10+. The molecule has 3 atom stereocenters. The normalized spacial score (nSPS) is 33.6. The molecular weight excluding hydrogens is 292 g/mol. The smallest absolute Gasteiger partial charge is 0.118 e. The largest absolute Gasteiger partial charge is 0.162 e. The van der Waals surface area contributed by atoms with E-state index in [0.29, 0.717) is 10.5 Å². The van der Waals surface area contributed by atoms with Gasteiger partial charge in [0.1, 0.15) is 5.41 Å². The molecule has 0 saturated carbocycles. The second-order valence-corrected chi connectivity index (χ2v) is 8.45. The lowest BCUT2D eigenvalue weighted by molar-refractivity contribution is 1.07. The minimum Gasteiger partial charge on any atom is -0.118 e. The number of fused-ring (bicyclic) bond motifs is 1. The Bertz CT molecular complexity index is 620. The van der Waals surface area contributed by atoms with Crippen molar-refractivity contribution in [2.45, 2.75) is 22.3 Å². The van der Waals surface area contributed by atoms with E-state index < -0.39 is 0 Å². The highest BCUT2D eigenvalue weighted by Gasteiger charge is 2.36. The van der Waals surface area contributed by atoms with Gasteiger partial charge in [0.2, 0.25) is 0 Å². The topological polar surface area (TPSA) is 0 Å². The Kier molecular flexibility index (Phi) is 4.89. The molecule has 1 aromatic carbocycles. The number of thioether (sulfide) groups is 1. The molecule has 106 valence electrons. The third-order valence-corrected chi connectivity index (χ3v) is 7.15. The number of benzene rings is 1. The summed E-state index contributed by atoms with van der Waals surface area (Å²) in [5.74, 6) is 0. The molecule has 3 unspecified atom stereocenters. The van der Waals surface area contributed by atoms with Gasteiger partial charge in [0, 0.05) is 0 Å². The predicted molar refractivity (Wildman–Crippen MR) is 97.6 cm³/mol. The van der Waals surface area contributed by atoms with Crippen LogP contribution in [0, 0.1) is 0 Å². The lowest BCUT2D eigenvalue weighted by Gasteiger charge is -2.23. The molecule has 1 heterocycles. The molecular formula is C19H19S2+. The lowest BCUT2D eigenvalue weighted by Crippen LogP contribution is -2.29. The summed E-state index contributed by atoms with van der Waals surface area (Å²) in [6, 6.07) is 10.9. The van der Waals surface area contributed by atoms with Crippen LogP contribution in [0.4, 0.5) is 0 Å². The maximum atomic E-state index is 2.37. The van der Waals surface area contributed by atoms with Crippen LogP contribution >= 0.6 is 11.8 Å². The van der Waals surface area contributed by atoms with Crippen LogP contribution in [0.2, 0.25) is 0 Å². The number of hydrogen-bond donors (Lipinski definition) is 0. The van der Waals surface area contributed by atoms with Crippen molar-refractivity contribution in [1.82, 2.24) is 0 Å². The minimum absolute atomic E-state index is 0.0953. The van der Waals surface area contributed by atoms with Gasteiger partial charge >= 0.3 is 0 Å². The second kappa shape index (κ2) is 7.06. The first-order valence-electron chi connectivity index (χ1n) is 7.15. The summed E-state index contributed by atoms with van der Waals surface area (Å²) in [5.41, 5.74) is 0. The van der Waals surface area contributed by atoms with Gasteiger partial charge in [-0.05, 0) is 36.1 Å². The second-order valence-electron chi connectivity index (χ2n) is 4.99. The Labute approximate surface area is 134 Å². The van der Waals surface area contributed by atoms with Gasteiger partial charge < -0.3 is 0 Å².